The van der Waals surface area contributed by atoms with Gasteiger partial charge in [-0.3, -0.25) is 9.59 Å². The number of hydrogen-bond donors (Lipinski definition) is 2. The van der Waals surface area contributed by atoms with Crippen LogP contribution in [0.4, 0.5) is 25.8 Å². The predicted octanol–water partition coefficient (Wildman–Crippen LogP) is 3.15. The number of fused-ring (bicyclic) bond motifs is 1. The quantitative estimate of drug-likeness (QED) is 0.867. The van der Waals surface area contributed by atoms with Crippen LogP contribution in [0.1, 0.15) is 23.2 Å². The lowest BCUT2D eigenvalue weighted by atomic mass is 10.1. The Morgan fingerprint density at radius 3 is 2.52 bits per heavy atom. The van der Waals surface area contributed by atoms with E-state index >= 15 is 0 Å². The Kier molecular flexibility index (Phi) is 4.39. The molecule has 6 nitrogen and oxygen atoms in total. The van der Waals surface area contributed by atoms with Gasteiger partial charge >= 0.3 is 0 Å². The van der Waals surface area contributed by atoms with Gasteiger partial charge in [0.15, 0.2) is 18.2 Å². The second-order valence-electron chi connectivity index (χ2n) is 6.48. The highest BCUT2D eigenvalue weighted by Gasteiger charge is 2.22. The first kappa shape index (κ1) is 17.3. The van der Waals surface area contributed by atoms with Crippen molar-refractivity contribution in [2.45, 2.75) is 12.8 Å². The molecular weight excluding hydrogens is 356 g/mol. The van der Waals surface area contributed by atoms with Crippen molar-refractivity contribution in [2.24, 2.45) is 0 Å². The van der Waals surface area contributed by atoms with Crippen molar-refractivity contribution >= 4 is 28.9 Å². The van der Waals surface area contributed by atoms with Gasteiger partial charge in [-0.15, -0.1) is 0 Å². The van der Waals surface area contributed by atoms with E-state index in [-0.39, 0.29) is 29.5 Å². The van der Waals surface area contributed by atoms with Crippen molar-refractivity contribution in [3.8, 4) is 5.75 Å². The Morgan fingerprint density at radius 1 is 1.11 bits per heavy atom. The summed E-state index contributed by atoms with van der Waals surface area (Å²) in [6.45, 7) is 1.14. The van der Waals surface area contributed by atoms with E-state index < -0.39 is 17.5 Å². The van der Waals surface area contributed by atoms with Gasteiger partial charge in [-0.05, 0) is 43.2 Å². The van der Waals surface area contributed by atoms with Gasteiger partial charge < -0.3 is 20.3 Å². The van der Waals surface area contributed by atoms with Crippen molar-refractivity contribution in [1.82, 2.24) is 0 Å². The number of anilines is 3. The third-order valence-corrected chi connectivity index (χ3v) is 4.57. The SMILES string of the molecule is O=C1COc2ccc(C(=O)Nc3cc(F)c(N4CCCC4)c(F)c3)cc2N1. The average molecular weight is 373 g/mol. The van der Waals surface area contributed by atoms with Crippen molar-refractivity contribution in [1.29, 1.82) is 0 Å². The number of halogens is 2. The van der Waals surface area contributed by atoms with E-state index in [1.807, 2.05) is 0 Å². The monoisotopic (exact) mass is 373 g/mol. The van der Waals surface area contributed by atoms with Crippen molar-refractivity contribution in [3.63, 3.8) is 0 Å². The molecule has 8 heteroatoms. The molecule has 2 aliphatic rings. The number of ether oxygens (including phenoxy) is 1. The molecule has 0 aliphatic carbocycles. The minimum absolute atomic E-state index is 0.0240. The number of hydrogen-bond acceptors (Lipinski definition) is 4. The first-order chi connectivity index (χ1) is 13.0. The van der Waals surface area contributed by atoms with Crippen LogP contribution in [-0.4, -0.2) is 31.5 Å². The number of benzene rings is 2. The molecule has 0 unspecified atom stereocenters. The second kappa shape index (κ2) is 6.86. The van der Waals surface area contributed by atoms with Gasteiger partial charge in [0.2, 0.25) is 0 Å². The highest BCUT2D eigenvalue weighted by molar-refractivity contribution is 6.06. The van der Waals surface area contributed by atoms with Crippen molar-refractivity contribution in [2.75, 3.05) is 35.2 Å². The fraction of sp³-hybridized carbons (Fsp3) is 0.263. The molecule has 0 saturated carbocycles. The second-order valence-corrected chi connectivity index (χ2v) is 6.48. The topological polar surface area (TPSA) is 70.7 Å². The van der Waals surface area contributed by atoms with E-state index in [1.165, 1.54) is 12.1 Å². The van der Waals surface area contributed by atoms with Crippen LogP contribution in [0.3, 0.4) is 0 Å². The Labute approximate surface area is 154 Å². The molecule has 2 amide bonds. The number of carbonyl (C=O) groups excluding carboxylic acids is 2. The van der Waals surface area contributed by atoms with Crippen molar-refractivity contribution in [3.05, 3.63) is 47.5 Å². The molecule has 2 aliphatic heterocycles. The summed E-state index contributed by atoms with van der Waals surface area (Å²) in [5.74, 6) is -1.83. The zero-order chi connectivity index (χ0) is 19.0. The third-order valence-electron chi connectivity index (χ3n) is 4.57. The van der Waals surface area contributed by atoms with Crippen LogP contribution >= 0.6 is 0 Å². The number of nitrogens with one attached hydrogen (secondary N) is 2. The predicted molar refractivity (Wildman–Crippen MR) is 96.3 cm³/mol. The van der Waals surface area contributed by atoms with Crippen LogP contribution in [0.25, 0.3) is 0 Å². The molecule has 0 atom stereocenters. The van der Waals surface area contributed by atoms with Crippen LogP contribution in [-0.2, 0) is 4.79 Å². The number of rotatable bonds is 3. The van der Waals surface area contributed by atoms with E-state index in [9.17, 15) is 18.4 Å². The Bertz CT molecular complexity index is 903. The Balaban J connectivity index is 1.54. The lowest BCUT2D eigenvalue weighted by Gasteiger charge is -2.20. The molecule has 0 bridgehead atoms. The smallest absolute Gasteiger partial charge is 0.262 e. The molecule has 2 heterocycles. The third kappa shape index (κ3) is 3.42. The van der Waals surface area contributed by atoms with Crippen molar-refractivity contribution < 1.29 is 23.1 Å². The van der Waals surface area contributed by atoms with Crippen LogP contribution in [0.5, 0.6) is 5.75 Å². The summed E-state index contributed by atoms with van der Waals surface area (Å²) in [4.78, 5) is 25.5. The Morgan fingerprint density at radius 2 is 1.81 bits per heavy atom. The van der Waals surface area contributed by atoms with E-state index in [1.54, 1.807) is 11.0 Å². The summed E-state index contributed by atoms with van der Waals surface area (Å²) in [5.41, 5.74) is 0.569. The largest absolute Gasteiger partial charge is 0.482 e. The summed E-state index contributed by atoms with van der Waals surface area (Å²) in [6, 6.07) is 6.74. The zero-order valence-corrected chi connectivity index (χ0v) is 14.4. The molecule has 4 rings (SSSR count). The standard InChI is InChI=1S/C19H17F2N3O3/c20-13-8-12(9-14(21)18(13)24-5-1-2-6-24)22-19(26)11-3-4-16-15(7-11)23-17(25)10-27-16/h3-4,7-9H,1-2,5-6,10H2,(H,22,26)(H,23,25). The minimum atomic E-state index is -0.710. The lowest BCUT2D eigenvalue weighted by Crippen LogP contribution is -2.25. The van der Waals surface area contributed by atoms with Gasteiger partial charge in [-0.1, -0.05) is 0 Å². The molecule has 2 aromatic rings. The normalized spacial score (nSPS) is 15.8. The molecule has 0 spiro atoms. The maximum absolute atomic E-state index is 14.4. The van der Waals surface area contributed by atoms with Gasteiger partial charge in [0.25, 0.3) is 11.8 Å². The fourth-order valence-electron chi connectivity index (χ4n) is 3.31. The first-order valence-electron chi connectivity index (χ1n) is 8.63. The molecule has 1 saturated heterocycles. The first-order valence-corrected chi connectivity index (χ1v) is 8.63. The van der Waals surface area contributed by atoms with Gasteiger partial charge in [0.1, 0.15) is 11.4 Å². The number of amides is 2. The van der Waals surface area contributed by atoms with E-state index in [4.69, 9.17) is 4.74 Å². The Hall–Kier alpha value is -3.16. The molecule has 2 N–H and O–H groups in total. The lowest BCUT2D eigenvalue weighted by molar-refractivity contribution is -0.118. The maximum Gasteiger partial charge on any atom is 0.262 e. The van der Waals surface area contributed by atoms with Crippen LogP contribution in [0, 0.1) is 11.6 Å². The van der Waals surface area contributed by atoms with Crippen LogP contribution < -0.4 is 20.3 Å². The van der Waals surface area contributed by atoms with Gasteiger partial charge in [0.05, 0.1) is 5.69 Å². The molecule has 140 valence electrons. The molecule has 2 aromatic carbocycles. The maximum atomic E-state index is 14.4. The highest BCUT2D eigenvalue weighted by Crippen LogP contribution is 2.31. The highest BCUT2D eigenvalue weighted by atomic mass is 19.1. The molecule has 0 aromatic heterocycles. The van der Waals surface area contributed by atoms with Gasteiger partial charge in [0, 0.05) is 24.3 Å². The summed E-state index contributed by atoms with van der Waals surface area (Å²) >= 11 is 0. The van der Waals surface area contributed by atoms with Crippen LogP contribution in [0.2, 0.25) is 0 Å². The van der Waals surface area contributed by atoms with Gasteiger partial charge in [-0.25, -0.2) is 8.78 Å². The zero-order valence-electron chi connectivity index (χ0n) is 14.4. The molecule has 27 heavy (non-hydrogen) atoms. The van der Waals surface area contributed by atoms with Crippen LogP contribution in [0.15, 0.2) is 30.3 Å². The molecule has 0 radical (unpaired) electrons. The van der Waals surface area contributed by atoms with E-state index in [2.05, 4.69) is 10.6 Å². The summed E-state index contributed by atoms with van der Waals surface area (Å²) in [5, 5.41) is 5.09. The molecular formula is C19H17F2N3O3. The summed E-state index contributed by atoms with van der Waals surface area (Å²) in [7, 11) is 0. The number of carbonyl (C=O) groups is 2. The minimum Gasteiger partial charge on any atom is -0.482 e. The van der Waals surface area contributed by atoms with Gasteiger partial charge in [-0.2, -0.15) is 0 Å². The number of nitrogens with zero attached hydrogens (tertiary/aromatic N) is 1. The average Bonchev–Trinajstić information content (AvgIpc) is 3.14. The van der Waals surface area contributed by atoms with E-state index in [0.717, 1.165) is 25.0 Å². The van der Waals surface area contributed by atoms with E-state index in [0.29, 0.717) is 24.5 Å². The summed E-state index contributed by atoms with van der Waals surface area (Å²) in [6.07, 6.45) is 1.80. The molecule has 1 fully saturated rings. The summed E-state index contributed by atoms with van der Waals surface area (Å²) < 4.78 is 34.0. The fourth-order valence-corrected chi connectivity index (χ4v) is 3.31.